The Kier molecular flexibility index (Phi) is 3.18. The van der Waals surface area contributed by atoms with E-state index in [9.17, 15) is 0 Å². The molecule has 0 saturated heterocycles. The van der Waals surface area contributed by atoms with Gasteiger partial charge in [-0.15, -0.1) is 20.4 Å². The maximum atomic E-state index is 4.61. The van der Waals surface area contributed by atoms with Gasteiger partial charge >= 0.3 is 0 Å². The number of fused-ring (bicyclic) bond motifs is 3. The molecule has 138 valence electrons. The van der Waals surface area contributed by atoms with Crippen molar-refractivity contribution in [2.45, 2.75) is 56.9 Å². The molecule has 3 atom stereocenters. The predicted octanol–water partition coefficient (Wildman–Crippen LogP) is 3.22. The molecule has 0 aliphatic heterocycles. The van der Waals surface area contributed by atoms with Crippen molar-refractivity contribution in [3.05, 3.63) is 36.4 Å². The van der Waals surface area contributed by atoms with E-state index in [1.54, 1.807) is 6.20 Å². The second-order valence-electron chi connectivity index (χ2n) is 7.99. The fraction of sp³-hybridized carbons (Fsp3) is 0.526. The van der Waals surface area contributed by atoms with Gasteiger partial charge in [-0.05, 0) is 37.7 Å². The predicted molar refractivity (Wildman–Crippen MR) is 99.4 cm³/mol. The molecule has 8 heteroatoms. The summed E-state index contributed by atoms with van der Waals surface area (Å²) in [6, 6.07) is 2.50. The average Bonchev–Trinajstić information content (AvgIpc) is 3.14. The van der Waals surface area contributed by atoms with Crippen molar-refractivity contribution in [3.8, 4) is 0 Å². The molecule has 4 aromatic rings. The van der Waals surface area contributed by atoms with Crippen molar-refractivity contribution in [3.63, 3.8) is 0 Å². The first kappa shape index (κ1) is 15.3. The van der Waals surface area contributed by atoms with Gasteiger partial charge in [0, 0.05) is 24.1 Å². The lowest BCUT2D eigenvalue weighted by molar-refractivity contribution is 0.439. The zero-order valence-electron chi connectivity index (χ0n) is 15.3. The molecule has 8 nitrogen and oxygen atoms in total. The molecular weight excluding hydrogens is 340 g/mol. The summed E-state index contributed by atoms with van der Waals surface area (Å²) in [5.74, 6) is 3.82. The second kappa shape index (κ2) is 5.61. The van der Waals surface area contributed by atoms with Crippen LogP contribution in [-0.4, -0.2) is 39.3 Å². The second-order valence-corrected chi connectivity index (χ2v) is 7.99. The van der Waals surface area contributed by atoms with Gasteiger partial charge in [0.1, 0.15) is 18.0 Å². The van der Waals surface area contributed by atoms with Crippen molar-refractivity contribution >= 4 is 16.8 Å². The van der Waals surface area contributed by atoms with Crippen molar-refractivity contribution in [1.29, 1.82) is 0 Å². The molecule has 0 amide bonds. The highest BCUT2D eigenvalue weighted by Crippen LogP contribution is 2.48. The van der Waals surface area contributed by atoms with Crippen molar-refractivity contribution in [2.24, 2.45) is 5.92 Å². The van der Waals surface area contributed by atoms with Crippen LogP contribution in [0.25, 0.3) is 16.8 Å². The van der Waals surface area contributed by atoms with Crippen molar-refractivity contribution in [2.75, 3.05) is 0 Å². The van der Waals surface area contributed by atoms with Crippen LogP contribution in [0.2, 0.25) is 0 Å². The van der Waals surface area contributed by atoms with Crippen LogP contribution in [0.5, 0.6) is 0 Å². The van der Waals surface area contributed by atoms with Crippen LogP contribution in [0.15, 0.2) is 24.8 Å². The third kappa shape index (κ3) is 2.25. The number of aromatic nitrogens is 8. The summed E-state index contributed by atoms with van der Waals surface area (Å²) in [4.78, 5) is 7.64. The number of hydrogen-bond acceptors (Lipinski definition) is 5. The van der Waals surface area contributed by atoms with E-state index in [0.29, 0.717) is 23.8 Å². The van der Waals surface area contributed by atoms with Gasteiger partial charge in [-0.1, -0.05) is 13.3 Å². The summed E-state index contributed by atoms with van der Waals surface area (Å²) >= 11 is 0. The highest BCUT2D eigenvalue weighted by molar-refractivity contribution is 5.74. The summed E-state index contributed by atoms with van der Waals surface area (Å²) in [6.07, 6.45) is 11.5. The lowest BCUT2D eigenvalue weighted by Gasteiger charge is -2.16. The number of nitrogens with one attached hydrogen (secondary N) is 1. The number of aromatic amines is 1. The van der Waals surface area contributed by atoms with Gasteiger partial charge in [0.15, 0.2) is 11.3 Å². The molecule has 2 aliphatic carbocycles. The number of hydrogen-bond donors (Lipinski definition) is 1. The molecule has 2 fully saturated rings. The fourth-order valence-corrected chi connectivity index (χ4v) is 4.89. The number of nitrogens with zero attached hydrogens (tertiary/aromatic N) is 7. The molecule has 0 unspecified atom stereocenters. The summed E-state index contributed by atoms with van der Waals surface area (Å²) in [7, 11) is 0. The van der Waals surface area contributed by atoms with E-state index in [0.717, 1.165) is 41.9 Å². The summed E-state index contributed by atoms with van der Waals surface area (Å²) in [6.45, 7) is 2.28. The van der Waals surface area contributed by atoms with Gasteiger partial charge in [0.2, 0.25) is 0 Å². The Morgan fingerprint density at radius 2 is 2.07 bits per heavy atom. The first-order chi connectivity index (χ1) is 13.3. The zero-order valence-corrected chi connectivity index (χ0v) is 15.3. The van der Waals surface area contributed by atoms with Crippen molar-refractivity contribution in [1.82, 2.24) is 39.3 Å². The van der Waals surface area contributed by atoms with Crippen LogP contribution in [-0.2, 0) is 0 Å². The van der Waals surface area contributed by atoms with Crippen LogP contribution >= 0.6 is 0 Å². The Bertz CT molecular complexity index is 1120. The molecule has 4 heterocycles. The molecule has 2 saturated carbocycles. The minimum Gasteiger partial charge on any atom is -0.345 e. The molecule has 0 aromatic carbocycles. The molecule has 0 spiro atoms. The molecule has 2 aliphatic rings. The highest BCUT2D eigenvalue weighted by atomic mass is 15.3. The van der Waals surface area contributed by atoms with E-state index in [1.165, 1.54) is 18.7 Å². The smallest absolute Gasteiger partial charge is 0.179 e. The number of rotatable bonds is 4. The third-order valence-corrected chi connectivity index (χ3v) is 6.43. The minimum absolute atomic E-state index is 0.380. The van der Waals surface area contributed by atoms with E-state index in [1.807, 2.05) is 12.5 Å². The maximum absolute atomic E-state index is 4.61. The Hall–Kier alpha value is -2.77. The molecular formula is C19H22N8. The van der Waals surface area contributed by atoms with Gasteiger partial charge in [-0.3, -0.25) is 4.40 Å². The summed E-state index contributed by atoms with van der Waals surface area (Å²) in [5.41, 5.74) is 2.74. The van der Waals surface area contributed by atoms with Gasteiger partial charge in [-0.25, -0.2) is 4.98 Å². The SMILES string of the molecule is CC[C@@H]1C[C@H](n2cnnc2C2CC2)C[C@@H]1c1nnc2cnc3[nH]ccc3n12. The first-order valence-electron chi connectivity index (χ1n) is 9.90. The third-order valence-electron chi connectivity index (χ3n) is 6.43. The minimum atomic E-state index is 0.380. The Morgan fingerprint density at radius 1 is 1.15 bits per heavy atom. The summed E-state index contributed by atoms with van der Waals surface area (Å²) in [5, 5.41) is 17.7. The molecule has 4 aromatic heterocycles. The van der Waals surface area contributed by atoms with Gasteiger partial charge in [-0.2, -0.15) is 0 Å². The van der Waals surface area contributed by atoms with Gasteiger partial charge in [0.25, 0.3) is 0 Å². The largest absolute Gasteiger partial charge is 0.345 e. The molecule has 0 bridgehead atoms. The van der Waals surface area contributed by atoms with Crippen LogP contribution < -0.4 is 0 Å². The zero-order chi connectivity index (χ0) is 18.0. The van der Waals surface area contributed by atoms with Crippen LogP contribution in [0.1, 0.15) is 68.6 Å². The van der Waals surface area contributed by atoms with Crippen molar-refractivity contribution < 1.29 is 0 Å². The van der Waals surface area contributed by atoms with Gasteiger partial charge in [0.05, 0.1) is 11.7 Å². The molecule has 1 N–H and O–H groups in total. The molecule has 27 heavy (non-hydrogen) atoms. The van der Waals surface area contributed by atoms with E-state index in [-0.39, 0.29) is 0 Å². The lowest BCUT2D eigenvalue weighted by atomic mass is 9.93. The quantitative estimate of drug-likeness (QED) is 0.602. The topological polar surface area (TPSA) is 89.6 Å². The monoisotopic (exact) mass is 362 g/mol. The number of H-pyrrole nitrogens is 1. The van der Waals surface area contributed by atoms with Gasteiger partial charge < -0.3 is 9.55 Å². The lowest BCUT2D eigenvalue weighted by Crippen LogP contribution is -2.10. The van der Waals surface area contributed by atoms with E-state index in [4.69, 9.17) is 0 Å². The standard InChI is InChI=1S/C19H22N8/c1-2-11-7-13(26-10-22-24-18(26)12-3-4-12)8-14(11)19-25-23-16-9-21-17-15(27(16)19)5-6-20-17/h5-6,9-14,20H,2-4,7-8H2,1H3/t11-,13+,14+/m1/s1. The Labute approximate surface area is 156 Å². The molecule has 0 radical (unpaired) electrons. The van der Waals surface area contributed by atoms with E-state index in [2.05, 4.69) is 52.3 Å². The highest BCUT2D eigenvalue weighted by Gasteiger charge is 2.40. The average molecular weight is 362 g/mol. The van der Waals surface area contributed by atoms with E-state index < -0.39 is 0 Å². The first-order valence-corrected chi connectivity index (χ1v) is 9.90. The summed E-state index contributed by atoms with van der Waals surface area (Å²) < 4.78 is 4.53. The maximum Gasteiger partial charge on any atom is 0.179 e. The molecule has 6 rings (SSSR count). The Balaban J connectivity index is 1.42. The van der Waals surface area contributed by atoms with Crippen LogP contribution in [0.4, 0.5) is 0 Å². The van der Waals surface area contributed by atoms with Crippen LogP contribution in [0, 0.1) is 5.92 Å². The normalized spacial score (nSPS) is 25.7. The van der Waals surface area contributed by atoms with Crippen LogP contribution in [0.3, 0.4) is 0 Å². The Morgan fingerprint density at radius 3 is 2.93 bits per heavy atom. The van der Waals surface area contributed by atoms with E-state index >= 15 is 0 Å². The fourth-order valence-electron chi connectivity index (χ4n) is 4.89.